The molecule has 5 N–H and O–H groups in total. The lowest BCUT2D eigenvalue weighted by molar-refractivity contribution is -0.0259. The predicted molar refractivity (Wildman–Crippen MR) is 465 cm³/mol. The summed E-state index contributed by atoms with van der Waals surface area (Å²) in [6, 6.07) is -18.2. The van der Waals surface area contributed by atoms with Crippen LogP contribution in [0.4, 0.5) is 0 Å². The van der Waals surface area contributed by atoms with Crippen molar-refractivity contribution in [2.45, 2.75) is 239 Å². The first-order valence-corrected chi connectivity index (χ1v) is 38.2. The third-order valence-corrected chi connectivity index (χ3v) is 20.4. The monoisotopic (exact) mass is 1680 g/mol. The molecule has 20 heteroatoms. The van der Waals surface area contributed by atoms with Crippen LogP contribution in [0.2, 0.25) is 0 Å². The van der Waals surface area contributed by atoms with E-state index in [1.165, 1.54) is 28.4 Å². The summed E-state index contributed by atoms with van der Waals surface area (Å²) in [4.78, 5) is 3.77. The van der Waals surface area contributed by atoms with Crippen LogP contribution < -0.4 is 47.4 Å². The number of aliphatic hydroxyl groups excluding tert-OH is 4. The van der Waals surface area contributed by atoms with Crippen molar-refractivity contribution < 1.29 is 155 Å². The molecule has 10 heterocycles. The summed E-state index contributed by atoms with van der Waals surface area (Å²) in [5.74, 6) is -12.3. The topological polar surface area (TPSA) is 210 Å². The summed E-state index contributed by atoms with van der Waals surface area (Å²) in [5.41, 5.74) is -11.5. The molecule has 5 aromatic rings. The maximum absolute atomic E-state index is 11.6. The zero-order valence-corrected chi connectivity index (χ0v) is 68.5. The summed E-state index contributed by atoms with van der Waals surface area (Å²) < 4.78 is 558. The molecule has 20 nitrogen and oxygen atoms in total. The molecule has 0 amide bonds. The molecule has 15 rings (SSSR count). The Bertz CT molecular complexity index is 7010. The fourth-order valence-electron chi connectivity index (χ4n) is 15.1. The first kappa shape index (κ1) is 40.8. The molecule has 652 valence electrons. The summed E-state index contributed by atoms with van der Waals surface area (Å²) in [5, 5.41) is 55.3. The molecular formula is C97H149N5O15. The molecular weight excluding hydrogens is 1480 g/mol. The molecule has 0 aromatic heterocycles. The maximum atomic E-state index is 11.6. The number of fused-ring (bicyclic) bond motifs is 15. The van der Waals surface area contributed by atoms with E-state index in [-0.39, 0.29) is 118 Å². The van der Waals surface area contributed by atoms with Gasteiger partial charge in [0.25, 0.3) is 0 Å². The highest BCUT2D eigenvalue weighted by atomic mass is 16.5. The van der Waals surface area contributed by atoms with E-state index in [1.54, 1.807) is 0 Å². The second-order valence-electron chi connectivity index (χ2n) is 30.8. The molecule has 10 aliphatic heterocycles. The van der Waals surface area contributed by atoms with Crippen LogP contribution in [0, 0.1) is 58.1 Å². The lowest BCUT2D eigenvalue weighted by atomic mass is 9.75. The van der Waals surface area contributed by atoms with E-state index >= 15 is 0 Å². The molecule has 5 saturated heterocycles. The molecule has 5 aromatic carbocycles. The van der Waals surface area contributed by atoms with Crippen molar-refractivity contribution in [1.82, 2.24) is 24.5 Å². The largest absolute Gasteiger partial charge is 0.493 e. The van der Waals surface area contributed by atoms with Crippen LogP contribution in [-0.4, -0.2) is 217 Å². The molecule has 0 aliphatic carbocycles. The number of methoxy groups -OCH3 is 10. The maximum Gasteiger partial charge on any atom is 0.161 e. The molecule has 10 aliphatic rings. The van der Waals surface area contributed by atoms with Crippen molar-refractivity contribution in [3.63, 3.8) is 0 Å². The Morgan fingerprint density at radius 1 is 0.393 bits per heavy atom. The fraction of sp³-hybridized carbons (Fsp3) is 0.691. The minimum Gasteiger partial charge on any atom is -0.493 e. The first-order valence-electron chi connectivity index (χ1n) is 68.2. The Hall–Kier alpha value is -6.30. The Morgan fingerprint density at radius 3 is 1.05 bits per heavy atom. The molecule has 117 heavy (non-hydrogen) atoms. The highest BCUT2D eigenvalue weighted by Crippen LogP contribution is 2.51. The Balaban J connectivity index is 0.000000207. The minimum atomic E-state index is -4.52. The summed E-state index contributed by atoms with van der Waals surface area (Å²) in [6.45, 7) is -19.6. The van der Waals surface area contributed by atoms with Gasteiger partial charge in [0.2, 0.25) is 0 Å². The predicted octanol–water partition coefficient (Wildman–Crippen LogP) is 15.9. The van der Waals surface area contributed by atoms with E-state index < -0.39 is 369 Å². The number of benzene rings is 5. The smallest absolute Gasteiger partial charge is 0.161 e. The number of aliphatic hydroxyl groups is 5. The zero-order chi connectivity index (χ0) is 137. The molecule has 0 spiro atoms. The van der Waals surface area contributed by atoms with Gasteiger partial charge in [0.05, 0.1) is 132 Å². The second kappa shape index (κ2) is 40.1. The molecule has 15 atom stereocenters. The van der Waals surface area contributed by atoms with Crippen molar-refractivity contribution >= 4 is 0 Å². The van der Waals surface area contributed by atoms with E-state index in [0.717, 1.165) is 43.1 Å². The molecule has 0 bridgehead atoms. The lowest BCUT2D eigenvalue weighted by Crippen LogP contribution is -2.48. The van der Waals surface area contributed by atoms with E-state index in [0.29, 0.717) is 31.6 Å². The molecule has 0 radical (unpaired) electrons. The zero-order valence-electron chi connectivity index (χ0n) is 129. The van der Waals surface area contributed by atoms with E-state index in [2.05, 4.69) is 0 Å². The van der Waals surface area contributed by atoms with Crippen LogP contribution in [0.5, 0.6) is 57.5 Å². The fourth-order valence-corrected chi connectivity index (χ4v) is 15.1. The second-order valence-corrected chi connectivity index (χ2v) is 30.8. The number of hydrogen-bond acceptors (Lipinski definition) is 20. The SMILES string of the molecule is [2H]c1c(OC([2H])([2H])[2H])c(OC)c([2H])c2c1C1([2H])CC(O)C(CC(C)C)CN1C([2H])([2H])C2([2H])[2H].[2H]c1c(OC)c(OC)c([2H])c2c1C1([2H])CC(O)C(C([2H])([2H])C(C)(C([2H])([2H])[2H])C([2H])([2H])[2H])CN1C([2H])([2H])C2([2H])[2H].[2H]c1c(OC)c(OC)c([2H])c2c1C1([2H])CC(O)C(CC(C)C)CN1C([2H])([2H])C2([2H])[2H].[2H]c1c(OC)c(OC)c([2H])c2c1C1([2H])CC(O)C([2H])(CC(C)C)CN1C([2H])([2H])C2([2H])[2H].[2H]c1c2c(c([2H])c(OC([2H])([2H])[2H])c1OC)C1([2H])N(CC2)C([2H])([2H])C([2H])(C([2H])([2H])C(C)(C([2H])([2H])[2H])C([2H])([2H])[2H])C([2H])(O)C1([2H])[2H]. The summed E-state index contributed by atoms with van der Waals surface area (Å²) in [6.07, 6.45) is -33.8. The van der Waals surface area contributed by atoms with Gasteiger partial charge in [-0.05, 0) is 270 Å². The van der Waals surface area contributed by atoms with Gasteiger partial charge in [0, 0.05) is 147 Å². The van der Waals surface area contributed by atoms with Crippen molar-refractivity contribution in [2.24, 2.45) is 58.1 Å². The third-order valence-electron chi connectivity index (χ3n) is 20.4. The quantitative estimate of drug-likeness (QED) is 0.0552. The van der Waals surface area contributed by atoms with Gasteiger partial charge in [0.1, 0.15) is 0 Å². The van der Waals surface area contributed by atoms with Gasteiger partial charge < -0.3 is 72.9 Å². The van der Waals surface area contributed by atoms with Crippen LogP contribution in [-0.2, 0) is 31.9 Å². The molecule has 15 unspecified atom stereocenters. The normalized spacial score (nSPS) is 45.1. The highest BCUT2D eigenvalue weighted by molar-refractivity contribution is 5.54. The Labute approximate surface area is 786 Å². The van der Waals surface area contributed by atoms with Gasteiger partial charge in [-0.2, -0.15) is 0 Å². The minimum absolute atomic E-state index is 0.0148. The standard InChI is InChI=1S/2C20H31NO3.3C19H29NO3/c2*1-20(2,3)11-14-12-21-7-6-13-8-18(23-4)19(24-5)9-15(13)16(21)10-17(14)22;3*1-12(2)7-14-11-20-6-5-13-8-18(22-3)19(23-4)9-15(13)16(20)10-17(14)21/h2*8-9,14,16-17,22H,6-7,10-12H2,1-5H3;3*8-9,12,14,16-17,21H,5-7,10-11H2,1-4H3/i1D3,2D3,5D3,8D,9D,10D2,11D2,12D2,14D,16D,17D;1D3,2D3,6D2,7D2,8D,9D,11D2,16D;5D2,6D2,8D,9D,14D,16D;4D3,5D2,6D2,8D,9D,16D;5D2,6D2,8D,9D,16D. The van der Waals surface area contributed by atoms with Crippen LogP contribution in [0.3, 0.4) is 0 Å². The average Bonchev–Trinajstić information content (AvgIpc) is 0.634. The summed E-state index contributed by atoms with van der Waals surface area (Å²) >= 11 is 0. The van der Waals surface area contributed by atoms with Crippen molar-refractivity contribution in [3.8, 4) is 57.5 Å². The first-order chi connectivity index (χ1) is 79.3. The molecule has 0 saturated carbocycles. The number of nitrogens with zero attached hydrogens (tertiary/aromatic N) is 5. The number of hydrogen-bond donors (Lipinski definition) is 5. The van der Waals surface area contributed by atoms with Crippen LogP contribution in [0.25, 0.3) is 0 Å². The van der Waals surface area contributed by atoms with Gasteiger partial charge in [-0.15, -0.1) is 0 Å². The van der Waals surface area contributed by atoms with E-state index in [4.69, 9.17) is 123 Å². The molecule has 5 fully saturated rings. The van der Waals surface area contributed by atoms with Crippen LogP contribution in [0.15, 0.2) is 60.4 Å². The summed E-state index contributed by atoms with van der Waals surface area (Å²) in [7, 11) is 3.14. The van der Waals surface area contributed by atoms with E-state index in [1.807, 2.05) is 41.5 Å². The highest BCUT2D eigenvalue weighted by Gasteiger charge is 2.45. The third kappa shape index (κ3) is 22.0. The number of rotatable bonds is 18. The van der Waals surface area contributed by atoms with E-state index in [9.17, 15) is 32.4 Å². The Kier molecular flexibility index (Phi) is 14.0. The van der Waals surface area contributed by atoms with Gasteiger partial charge >= 0.3 is 0 Å². The lowest BCUT2D eigenvalue weighted by Gasteiger charge is -2.47. The van der Waals surface area contributed by atoms with Gasteiger partial charge in [0.15, 0.2) is 57.5 Å². The average molecular weight is 1690 g/mol. The van der Waals surface area contributed by atoms with Crippen molar-refractivity contribution in [2.75, 3.05) is 136 Å². The number of piperidine rings is 5. The van der Waals surface area contributed by atoms with Gasteiger partial charge in [-0.3, -0.25) is 24.5 Å². The van der Waals surface area contributed by atoms with Crippen LogP contribution >= 0.6 is 0 Å². The van der Waals surface area contributed by atoms with Crippen molar-refractivity contribution in [3.05, 3.63) is 116 Å². The van der Waals surface area contributed by atoms with Gasteiger partial charge in [-0.1, -0.05) is 82.8 Å². The Morgan fingerprint density at radius 2 is 0.701 bits per heavy atom. The van der Waals surface area contributed by atoms with Crippen LogP contribution in [0.1, 0.15) is 315 Å². The number of ether oxygens (including phenoxy) is 10. The van der Waals surface area contributed by atoms with Gasteiger partial charge in [-0.25, -0.2) is 0 Å². The van der Waals surface area contributed by atoms with Crippen molar-refractivity contribution in [1.29, 1.82) is 0 Å².